The third-order valence-electron chi connectivity index (χ3n) is 2.83. The monoisotopic (exact) mass is 270 g/mol. The molecule has 0 spiro atoms. The lowest BCUT2D eigenvalue weighted by Crippen LogP contribution is -2.33. The molecule has 0 aliphatic carbocycles. The Kier molecular flexibility index (Phi) is 4.08. The molecule has 0 aromatic heterocycles. The summed E-state index contributed by atoms with van der Waals surface area (Å²) in [5.41, 5.74) is 0.492. The largest absolute Gasteiger partial charge is 0.492 e. The second-order valence-electron chi connectivity index (χ2n) is 4.14. The van der Waals surface area contributed by atoms with Crippen LogP contribution in [0.4, 0.5) is 5.69 Å². The second kappa shape index (κ2) is 5.58. The molecule has 1 aliphatic heterocycles. The van der Waals surface area contributed by atoms with Crippen molar-refractivity contribution in [2.24, 2.45) is 0 Å². The molecular formula is C12H18N2O3S. The summed E-state index contributed by atoms with van der Waals surface area (Å²) in [4.78, 5) is 0. The van der Waals surface area contributed by atoms with Crippen LogP contribution in [0.1, 0.15) is 19.8 Å². The van der Waals surface area contributed by atoms with Crippen molar-refractivity contribution in [1.29, 1.82) is 0 Å². The Morgan fingerprint density at radius 3 is 2.61 bits per heavy atom. The van der Waals surface area contributed by atoms with Gasteiger partial charge in [0.25, 0.3) is 0 Å². The molecule has 1 aromatic carbocycles. The molecule has 0 bridgehead atoms. The van der Waals surface area contributed by atoms with E-state index in [-0.39, 0.29) is 0 Å². The molecule has 18 heavy (non-hydrogen) atoms. The van der Waals surface area contributed by atoms with Gasteiger partial charge < -0.3 is 4.74 Å². The van der Waals surface area contributed by atoms with E-state index in [1.54, 1.807) is 18.2 Å². The van der Waals surface area contributed by atoms with Gasteiger partial charge in [-0.2, -0.15) is 12.7 Å². The lowest BCUT2D eigenvalue weighted by Gasteiger charge is -2.18. The molecule has 1 saturated heterocycles. The van der Waals surface area contributed by atoms with Crippen LogP contribution >= 0.6 is 0 Å². The minimum absolute atomic E-state index is 0.492. The van der Waals surface area contributed by atoms with Crippen molar-refractivity contribution >= 4 is 15.9 Å². The summed E-state index contributed by atoms with van der Waals surface area (Å²) in [7, 11) is -3.45. The van der Waals surface area contributed by atoms with Gasteiger partial charge in [0.15, 0.2) is 0 Å². The maximum atomic E-state index is 12.1. The number of anilines is 1. The van der Waals surface area contributed by atoms with Crippen LogP contribution in [-0.2, 0) is 10.2 Å². The molecule has 0 radical (unpaired) electrons. The summed E-state index contributed by atoms with van der Waals surface area (Å²) in [5.74, 6) is 0.558. The highest BCUT2D eigenvalue weighted by molar-refractivity contribution is 7.90. The number of hydrogen-bond acceptors (Lipinski definition) is 3. The Balaban J connectivity index is 2.17. The summed E-state index contributed by atoms with van der Waals surface area (Å²) in [6.45, 7) is 3.55. The Labute approximate surface area is 108 Å². The van der Waals surface area contributed by atoms with Crippen molar-refractivity contribution in [3.63, 3.8) is 0 Å². The zero-order valence-electron chi connectivity index (χ0n) is 10.4. The average molecular weight is 270 g/mol. The highest BCUT2D eigenvalue weighted by Crippen LogP contribution is 2.26. The summed E-state index contributed by atoms with van der Waals surface area (Å²) in [6, 6.07) is 7.06. The fourth-order valence-electron chi connectivity index (χ4n) is 1.96. The SMILES string of the molecule is CCOc1ccccc1NS(=O)(=O)N1CCCC1. The van der Waals surface area contributed by atoms with Gasteiger partial charge in [0.2, 0.25) is 0 Å². The molecule has 0 unspecified atom stereocenters. The minimum Gasteiger partial charge on any atom is -0.492 e. The molecule has 1 aliphatic rings. The standard InChI is InChI=1S/C12H18N2O3S/c1-2-17-12-8-4-3-7-11(12)13-18(15,16)14-9-5-6-10-14/h3-4,7-8,13H,2,5-6,9-10H2,1H3. The first-order chi connectivity index (χ1) is 8.63. The van der Waals surface area contributed by atoms with E-state index in [9.17, 15) is 8.42 Å². The van der Waals surface area contributed by atoms with Crippen molar-refractivity contribution in [3.05, 3.63) is 24.3 Å². The summed E-state index contributed by atoms with van der Waals surface area (Å²) < 4.78 is 33.7. The molecule has 1 aromatic rings. The van der Waals surface area contributed by atoms with Gasteiger partial charge in [-0.3, -0.25) is 4.72 Å². The van der Waals surface area contributed by atoms with Crippen molar-refractivity contribution in [1.82, 2.24) is 4.31 Å². The highest BCUT2D eigenvalue weighted by Gasteiger charge is 2.25. The molecule has 1 fully saturated rings. The first-order valence-corrected chi connectivity index (χ1v) is 7.57. The number of rotatable bonds is 5. The molecule has 6 heteroatoms. The molecule has 0 saturated carbocycles. The van der Waals surface area contributed by atoms with Crippen LogP contribution in [0, 0.1) is 0 Å². The predicted octanol–water partition coefficient (Wildman–Crippen LogP) is 1.84. The Hall–Kier alpha value is -1.27. The number of benzene rings is 1. The summed E-state index contributed by atoms with van der Waals surface area (Å²) in [6.07, 6.45) is 1.85. The summed E-state index contributed by atoms with van der Waals surface area (Å²) in [5, 5.41) is 0. The number of ether oxygens (including phenoxy) is 1. The Morgan fingerprint density at radius 1 is 1.28 bits per heavy atom. The van der Waals surface area contributed by atoms with E-state index in [0.717, 1.165) is 12.8 Å². The van der Waals surface area contributed by atoms with E-state index in [1.807, 2.05) is 13.0 Å². The van der Waals surface area contributed by atoms with Gasteiger partial charge in [0, 0.05) is 13.1 Å². The number of nitrogens with one attached hydrogen (secondary N) is 1. The van der Waals surface area contributed by atoms with Crippen molar-refractivity contribution < 1.29 is 13.2 Å². The van der Waals surface area contributed by atoms with Crippen LogP contribution in [0.5, 0.6) is 5.75 Å². The van der Waals surface area contributed by atoms with Crippen molar-refractivity contribution in [2.45, 2.75) is 19.8 Å². The Bertz CT molecular complexity index is 496. The maximum Gasteiger partial charge on any atom is 0.301 e. The second-order valence-corrected chi connectivity index (χ2v) is 5.81. The van der Waals surface area contributed by atoms with Gasteiger partial charge in [-0.25, -0.2) is 0 Å². The highest BCUT2D eigenvalue weighted by atomic mass is 32.2. The van der Waals surface area contributed by atoms with E-state index in [2.05, 4.69) is 4.72 Å². The molecule has 0 atom stereocenters. The van der Waals surface area contributed by atoms with Gasteiger partial charge in [-0.1, -0.05) is 12.1 Å². The topological polar surface area (TPSA) is 58.6 Å². The van der Waals surface area contributed by atoms with Crippen molar-refractivity contribution in [3.8, 4) is 5.75 Å². The van der Waals surface area contributed by atoms with Crippen LogP contribution in [0.15, 0.2) is 24.3 Å². The molecular weight excluding hydrogens is 252 g/mol. The first-order valence-electron chi connectivity index (χ1n) is 6.13. The van der Waals surface area contributed by atoms with Gasteiger partial charge in [-0.15, -0.1) is 0 Å². The van der Waals surface area contributed by atoms with E-state index < -0.39 is 10.2 Å². The quantitative estimate of drug-likeness (QED) is 0.888. The van der Waals surface area contributed by atoms with Crippen LogP contribution in [0.2, 0.25) is 0 Å². The normalized spacial score (nSPS) is 16.7. The molecule has 0 amide bonds. The zero-order chi connectivity index (χ0) is 13.0. The number of nitrogens with zero attached hydrogens (tertiary/aromatic N) is 1. The molecule has 5 nitrogen and oxygen atoms in total. The fourth-order valence-corrected chi connectivity index (χ4v) is 3.28. The van der Waals surface area contributed by atoms with Gasteiger partial charge >= 0.3 is 10.2 Å². The van der Waals surface area contributed by atoms with Gasteiger partial charge in [0.1, 0.15) is 5.75 Å². The Morgan fingerprint density at radius 2 is 1.94 bits per heavy atom. The lowest BCUT2D eigenvalue weighted by atomic mass is 10.3. The van der Waals surface area contributed by atoms with Crippen LogP contribution in [-0.4, -0.2) is 32.4 Å². The smallest absolute Gasteiger partial charge is 0.301 e. The average Bonchev–Trinajstić information content (AvgIpc) is 2.86. The molecule has 2 rings (SSSR count). The van der Waals surface area contributed by atoms with Crippen LogP contribution in [0.25, 0.3) is 0 Å². The van der Waals surface area contributed by atoms with Gasteiger partial charge in [-0.05, 0) is 31.9 Å². The minimum atomic E-state index is -3.45. The zero-order valence-corrected chi connectivity index (χ0v) is 11.2. The van der Waals surface area contributed by atoms with Crippen LogP contribution in [0.3, 0.4) is 0 Å². The predicted molar refractivity (Wildman–Crippen MR) is 71.0 cm³/mol. The van der Waals surface area contributed by atoms with Gasteiger partial charge in [0.05, 0.1) is 12.3 Å². The molecule has 1 heterocycles. The lowest BCUT2D eigenvalue weighted by molar-refractivity contribution is 0.342. The third kappa shape index (κ3) is 2.94. The van der Waals surface area contributed by atoms with E-state index in [1.165, 1.54) is 4.31 Å². The summed E-state index contributed by atoms with van der Waals surface area (Å²) >= 11 is 0. The number of hydrogen-bond donors (Lipinski definition) is 1. The first kappa shape index (κ1) is 13.2. The fraction of sp³-hybridized carbons (Fsp3) is 0.500. The van der Waals surface area contributed by atoms with Crippen molar-refractivity contribution in [2.75, 3.05) is 24.4 Å². The molecule has 100 valence electrons. The van der Waals surface area contributed by atoms with Crippen LogP contribution < -0.4 is 9.46 Å². The third-order valence-corrected chi connectivity index (χ3v) is 4.35. The number of para-hydroxylation sites is 2. The maximum absolute atomic E-state index is 12.1. The van der Waals surface area contributed by atoms with E-state index in [0.29, 0.717) is 31.1 Å². The molecule has 1 N–H and O–H groups in total. The van der Waals surface area contributed by atoms with E-state index >= 15 is 0 Å². The van der Waals surface area contributed by atoms with E-state index in [4.69, 9.17) is 4.74 Å².